The van der Waals surface area contributed by atoms with Gasteiger partial charge in [0.05, 0.1) is 25.4 Å². The average Bonchev–Trinajstić information content (AvgIpc) is 3.61. The monoisotopic (exact) mass is 794 g/mol. The maximum Gasteiger partial charge on any atom is 0.199 e. The molecule has 1 spiro atoms. The van der Waals surface area contributed by atoms with Crippen LogP contribution in [0.15, 0.2) is 65.7 Å². The Morgan fingerprint density at radius 3 is 2.13 bits per heavy atom. The van der Waals surface area contributed by atoms with Crippen LogP contribution in [0.1, 0.15) is 117 Å². The third kappa shape index (κ3) is 8.59. The van der Waals surface area contributed by atoms with Crippen molar-refractivity contribution in [2.45, 2.75) is 129 Å². The lowest BCUT2D eigenvalue weighted by atomic mass is 9.49. The van der Waals surface area contributed by atoms with E-state index in [0.29, 0.717) is 44.3 Å². The Balaban J connectivity index is 0.00000193. The van der Waals surface area contributed by atoms with Crippen molar-refractivity contribution in [3.8, 4) is 17.6 Å². The number of rotatable bonds is 3. The van der Waals surface area contributed by atoms with E-state index in [9.17, 15) is 10.2 Å². The minimum Gasteiger partial charge on any atom is -0.465 e. The summed E-state index contributed by atoms with van der Waals surface area (Å²) in [5.74, 6) is 7.56. The van der Waals surface area contributed by atoms with Gasteiger partial charge in [0.1, 0.15) is 11.4 Å². The molecule has 2 N–H and O–H groups in total. The van der Waals surface area contributed by atoms with Crippen molar-refractivity contribution in [1.29, 1.82) is 0 Å². The standard InChI is InChI=1S/C39H46O6.3CH4.4H2S/c1-36-25-31(28-10-12-29(13-11-28)45-34-9-5-6-22-42-34)35-30(15-18-37(40)26-39(21-17-33(35)37)43-23-24-44-39)32(36)16-20-38(36,41)19-14-27-7-3-2-4-8-27;;;;;;;/h2-4,7-8,10-13,30-32,34,40-41H,5-6,9,15-18,20-26H2,1H3;3*1H4;4*1H2/t30-,31+,32-,34?,36-,37+,38-;;;;;;;/m0......./s1. The van der Waals surface area contributed by atoms with Crippen LogP contribution in [0.5, 0.6) is 5.75 Å². The molecule has 2 aromatic rings. The molecule has 2 heterocycles. The fraction of sp³-hybridized carbons (Fsp3) is 0.619. The molecule has 5 fully saturated rings. The highest BCUT2D eigenvalue weighted by atomic mass is 32.1. The van der Waals surface area contributed by atoms with Gasteiger partial charge in [-0.3, -0.25) is 0 Å². The zero-order valence-electron chi connectivity index (χ0n) is 28.4. The van der Waals surface area contributed by atoms with E-state index in [0.717, 1.165) is 69.3 Å². The van der Waals surface area contributed by atoms with Gasteiger partial charge >= 0.3 is 0 Å². The third-order valence-electron chi connectivity index (χ3n) is 12.3. The summed E-state index contributed by atoms with van der Waals surface area (Å²) in [5.41, 5.74) is 2.36. The van der Waals surface area contributed by atoms with Gasteiger partial charge < -0.3 is 29.2 Å². The van der Waals surface area contributed by atoms with E-state index in [1.807, 2.05) is 30.3 Å². The summed E-state index contributed by atoms with van der Waals surface area (Å²) < 4.78 is 24.3. The SMILES string of the molecule is C.C.C.C[C@]12C[C@H](c3ccc(OC4CCCCO4)cc3)C3=C4CCC5(C[C@]4(O)CC[C@H]3[C@@H]1CC[C@@]2(O)C#Cc1ccccc1)OCCO5.S.S.S.S. The average molecular weight is 795 g/mol. The lowest BCUT2D eigenvalue weighted by Gasteiger charge is -2.57. The van der Waals surface area contributed by atoms with Crippen LogP contribution >= 0.6 is 54.0 Å². The molecule has 0 amide bonds. The van der Waals surface area contributed by atoms with Crippen LogP contribution < -0.4 is 4.74 Å². The first-order chi connectivity index (χ1) is 21.8. The van der Waals surface area contributed by atoms with E-state index in [1.165, 1.54) is 16.7 Å². The molecule has 6 aliphatic rings. The summed E-state index contributed by atoms with van der Waals surface area (Å²) in [4.78, 5) is 0. The maximum absolute atomic E-state index is 12.4. The number of hydrogen-bond donors (Lipinski definition) is 2. The van der Waals surface area contributed by atoms with Crippen molar-refractivity contribution < 1.29 is 29.2 Å². The van der Waals surface area contributed by atoms with Gasteiger partial charge in [0.2, 0.25) is 0 Å². The van der Waals surface area contributed by atoms with E-state index < -0.39 is 17.0 Å². The molecular weight excluding hydrogens is 729 g/mol. The molecule has 1 unspecified atom stereocenters. The van der Waals surface area contributed by atoms with Gasteiger partial charge in [0, 0.05) is 36.2 Å². The number of benzene rings is 2. The van der Waals surface area contributed by atoms with E-state index in [4.69, 9.17) is 18.9 Å². The first-order valence-electron chi connectivity index (χ1n) is 17.2. The molecule has 0 aromatic heterocycles. The lowest BCUT2D eigenvalue weighted by molar-refractivity contribution is -0.208. The van der Waals surface area contributed by atoms with Gasteiger partial charge in [-0.05, 0) is 98.6 Å². The van der Waals surface area contributed by atoms with Crippen molar-refractivity contribution in [2.24, 2.45) is 17.3 Å². The highest BCUT2D eigenvalue weighted by Crippen LogP contribution is 2.68. The van der Waals surface area contributed by atoms with Crippen LogP contribution in [0.3, 0.4) is 0 Å². The van der Waals surface area contributed by atoms with Crippen LogP contribution in [0, 0.1) is 29.1 Å². The highest BCUT2D eigenvalue weighted by Gasteiger charge is 2.64. The van der Waals surface area contributed by atoms with Crippen molar-refractivity contribution in [3.63, 3.8) is 0 Å². The summed E-state index contributed by atoms with van der Waals surface area (Å²) in [6, 6.07) is 18.5. The molecule has 7 atom stereocenters. The Kier molecular flexibility index (Phi) is 17.9. The molecule has 0 radical (unpaired) electrons. The molecule has 3 saturated carbocycles. The smallest absolute Gasteiger partial charge is 0.199 e. The summed E-state index contributed by atoms with van der Waals surface area (Å²) in [5, 5.41) is 24.7. The Labute approximate surface area is 342 Å². The van der Waals surface area contributed by atoms with Crippen molar-refractivity contribution >= 4 is 54.0 Å². The molecule has 8 rings (SSSR count). The fourth-order valence-corrected chi connectivity index (χ4v) is 9.95. The largest absolute Gasteiger partial charge is 0.465 e. The second-order valence-electron chi connectivity index (χ2n) is 14.7. The Morgan fingerprint density at radius 2 is 1.48 bits per heavy atom. The van der Waals surface area contributed by atoms with Crippen LogP contribution in [0.4, 0.5) is 0 Å². The highest BCUT2D eigenvalue weighted by molar-refractivity contribution is 7.59. The second kappa shape index (κ2) is 19.1. The van der Waals surface area contributed by atoms with Crippen LogP contribution in [-0.4, -0.2) is 53.3 Å². The van der Waals surface area contributed by atoms with Crippen LogP contribution in [0.2, 0.25) is 0 Å². The van der Waals surface area contributed by atoms with Crippen molar-refractivity contribution in [1.82, 2.24) is 0 Å². The second-order valence-corrected chi connectivity index (χ2v) is 14.7. The molecule has 6 nitrogen and oxygen atoms in total. The van der Waals surface area contributed by atoms with Crippen LogP contribution in [0.25, 0.3) is 0 Å². The zero-order chi connectivity index (χ0) is 30.7. The van der Waals surface area contributed by atoms with Gasteiger partial charge in [-0.1, -0.05) is 76.9 Å². The summed E-state index contributed by atoms with van der Waals surface area (Å²) in [6.45, 7) is 4.22. The molecule has 294 valence electrons. The first-order valence-corrected chi connectivity index (χ1v) is 17.2. The zero-order valence-corrected chi connectivity index (χ0v) is 32.4. The molecule has 0 bridgehead atoms. The Bertz CT molecular complexity index is 1510. The predicted octanol–water partition coefficient (Wildman–Crippen LogP) is 9.00. The summed E-state index contributed by atoms with van der Waals surface area (Å²) >= 11 is 0. The first kappa shape index (κ1) is 48.8. The van der Waals surface area contributed by atoms with Gasteiger partial charge in [0.25, 0.3) is 0 Å². The minimum absolute atomic E-state index is 0. The molecule has 52 heavy (non-hydrogen) atoms. The summed E-state index contributed by atoms with van der Waals surface area (Å²) in [7, 11) is 0. The van der Waals surface area contributed by atoms with Gasteiger partial charge in [-0.2, -0.15) is 54.0 Å². The van der Waals surface area contributed by atoms with Crippen molar-refractivity contribution in [2.75, 3.05) is 19.8 Å². The van der Waals surface area contributed by atoms with E-state index in [-0.39, 0.29) is 93.9 Å². The van der Waals surface area contributed by atoms with E-state index in [1.54, 1.807) is 0 Å². The van der Waals surface area contributed by atoms with Crippen molar-refractivity contribution in [3.05, 3.63) is 76.9 Å². The lowest BCUT2D eigenvalue weighted by Crippen LogP contribution is -2.55. The number of ether oxygens (including phenoxy) is 4. The Morgan fingerprint density at radius 1 is 0.788 bits per heavy atom. The molecular formula is C42H66O6S4. The van der Waals surface area contributed by atoms with Gasteiger partial charge in [0.15, 0.2) is 12.1 Å². The molecule has 10 heteroatoms. The number of allylic oxidation sites excluding steroid dienone is 1. The molecule has 2 aliphatic heterocycles. The molecule has 2 aromatic carbocycles. The molecule has 2 saturated heterocycles. The van der Waals surface area contributed by atoms with Crippen LogP contribution in [-0.2, 0) is 14.2 Å². The van der Waals surface area contributed by atoms with E-state index >= 15 is 0 Å². The van der Waals surface area contributed by atoms with Gasteiger partial charge in [-0.25, -0.2) is 0 Å². The Hall–Kier alpha value is -1.26. The minimum atomic E-state index is -1.08. The predicted molar refractivity (Wildman–Crippen MR) is 232 cm³/mol. The fourth-order valence-electron chi connectivity index (χ4n) is 9.95. The normalized spacial score (nSPS) is 33.4. The summed E-state index contributed by atoms with van der Waals surface area (Å²) in [6.07, 6.45) is 8.98. The third-order valence-corrected chi connectivity index (χ3v) is 12.3. The quantitative estimate of drug-likeness (QED) is 0.239. The van der Waals surface area contributed by atoms with E-state index in [2.05, 4.69) is 43.0 Å². The maximum atomic E-state index is 12.4. The number of fused-ring (bicyclic) bond motifs is 4. The molecule has 4 aliphatic carbocycles. The van der Waals surface area contributed by atoms with Gasteiger partial charge in [-0.15, -0.1) is 0 Å². The number of hydrogen-bond acceptors (Lipinski definition) is 6. The number of aliphatic hydroxyl groups is 2. The topological polar surface area (TPSA) is 77.4 Å².